The van der Waals surface area contributed by atoms with Crippen molar-refractivity contribution < 1.29 is 79.8 Å². The summed E-state index contributed by atoms with van der Waals surface area (Å²) in [7, 11) is 0.518. The Labute approximate surface area is 260 Å². The van der Waals surface area contributed by atoms with Gasteiger partial charge in [-0.3, -0.25) is 4.79 Å². The van der Waals surface area contributed by atoms with E-state index in [4.69, 9.17) is 11.6 Å². The molecule has 0 radical (unpaired) electrons. The van der Waals surface area contributed by atoms with Crippen molar-refractivity contribution in [3.05, 3.63) is 46.7 Å². The molecule has 1 amide bonds. The van der Waals surface area contributed by atoms with E-state index in [0.29, 0.717) is 19.9 Å². The first-order chi connectivity index (χ1) is 21.6. The van der Waals surface area contributed by atoms with E-state index in [1.807, 2.05) is 0 Å². The van der Waals surface area contributed by atoms with Crippen LogP contribution in [0.15, 0.2) is 30.6 Å². The van der Waals surface area contributed by atoms with Crippen LogP contribution in [-0.2, 0) is 13.2 Å². The number of ether oxygens (including phenoxy) is 1. The van der Waals surface area contributed by atoms with Gasteiger partial charge in [-0.25, -0.2) is 9.36 Å². The molecule has 0 spiro atoms. The highest BCUT2D eigenvalue weighted by atomic mass is 35.5. The highest BCUT2D eigenvalue weighted by Gasteiger charge is 2.92. The van der Waals surface area contributed by atoms with Gasteiger partial charge in [0.05, 0.1) is 16.8 Å². The minimum Gasteiger partial charge on any atom is -0.408 e. The van der Waals surface area contributed by atoms with Gasteiger partial charge in [0.15, 0.2) is 11.4 Å². The molecule has 48 heavy (non-hydrogen) atoms. The molecule has 4 rings (SSSR count). The lowest BCUT2D eigenvalue weighted by molar-refractivity contribution is -0.457. The maximum atomic E-state index is 14.4. The van der Waals surface area contributed by atoms with Gasteiger partial charge in [-0.15, -0.1) is 5.10 Å². The second-order valence-electron chi connectivity index (χ2n) is 10.2. The molecule has 0 bridgehead atoms. The van der Waals surface area contributed by atoms with E-state index >= 15 is 0 Å². The highest BCUT2D eigenvalue weighted by molar-refractivity contribution is 6.34. The summed E-state index contributed by atoms with van der Waals surface area (Å²) in [6.07, 6.45) is -18.1. The highest BCUT2D eigenvalue weighted by Crippen LogP contribution is 2.60. The smallest absolute Gasteiger partial charge is 0.408 e. The van der Waals surface area contributed by atoms with E-state index < -0.39 is 65.3 Å². The number of aromatic nitrogens is 4. The number of carbonyl (C=O) groups is 1. The Morgan fingerprint density at radius 2 is 1.42 bits per heavy atom. The van der Waals surface area contributed by atoms with Gasteiger partial charge in [0.2, 0.25) is 0 Å². The fourth-order valence-electron chi connectivity index (χ4n) is 3.97. The fourth-order valence-corrected chi connectivity index (χ4v) is 4.17. The molecular formula is C24H14ClF16N5O2. The standard InChI is InChI=1S/C24H14ClF16N5O2/c1-45-17(46-8-10(7-42-46)9-2-5-13(25)12(6-9)15(47)43-11-3-4-11)14(18(26,27)28)16(44-45)48-24(40,41)22(35,36)20(31,32)19(29,30)21(33,34)23(37,38)39/h2,5-8,11H,3-4H2,1H3,(H,43,47). The topological polar surface area (TPSA) is 74.0 Å². The Hall–Kier alpha value is -3.92. The summed E-state index contributed by atoms with van der Waals surface area (Å²) in [4.78, 5) is 12.5. The maximum Gasteiger partial charge on any atom is 0.472 e. The molecule has 1 aliphatic carbocycles. The normalized spacial score (nSPS) is 15.5. The summed E-state index contributed by atoms with van der Waals surface area (Å²) < 4.78 is 220. The van der Waals surface area contributed by atoms with Gasteiger partial charge in [-0.1, -0.05) is 17.7 Å². The molecule has 1 aliphatic rings. The first kappa shape index (κ1) is 36.9. The molecule has 0 saturated heterocycles. The molecule has 7 nitrogen and oxygen atoms in total. The van der Waals surface area contributed by atoms with Crippen molar-refractivity contribution in [3.63, 3.8) is 0 Å². The van der Waals surface area contributed by atoms with Crippen molar-refractivity contribution in [2.24, 2.45) is 7.05 Å². The Morgan fingerprint density at radius 1 is 0.854 bits per heavy atom. The molecule has 24 heteroatoms. The van der Waals surface area contributed by atoms with Gasteiger partial charge in [-0.2, -0.15) is 75.3 Å². The Bertz CT molecular complexity index is 1710. The van der Waals surface area contributed by atoms with Crippen molar-refractivity contribution in [3.8, 4) is 22.8 Å². The zero-order chi connectivity index (χ0) is 36.6. The third-order valence-corrected chi connectivity index (χ3v) is 6.98. The van der Waals surface area contributed by atoms with E-state index in [9.17, 15) is 75.0 Å². The van der Waals surface area contributed by atoms with E-state index in [0.717, 1.165) is 12.4 Å². The number of carbonyl (C=O) groups excluding carboxylic acids is 1. The van der Waals surface area contributed by atoms with Crippen LogP contribution in [0.5, 0.6) is 5.88 Å². The zero-order valence-electron chi connectivity index (χ0n) is 22.9. The Balaban J connectivity index is 1.74. The molecule has 3 aromatic rings. The van der Waals surface area contributed by atoms with Crippen molar-refractivity contribution >= 4 is 17.5 Å². The number of hydrogen-bond donors (Lipinski definition) is 1. The molecule has 1 N–H and O–H groups in total. The monoisotopic (exact) mass is 743 g/mol. The number of aryl methyl sites for hydroxylation is 1. The van der Waals surface area contributed by atoms with Crippen molar-refractivity contribution in [2.45, 2.75) is 61.0 Å². The van der Waals surface area contributed by atoms with Crippen LogP contribution in [0.2, 0.25) is 5.02 Å². The van der Waals surface area contributed by atoms with Crippen LogP contribution >= 0.6 is 11.6 Å². The minimum atomic E-state index is -8.32. The number of halogens is 17. The quantitative estimate of drug-likeness (QED) is 0.215. The molecule has 1 fully saturated rings. The molecule has 0 unspecified atom stereocenters. The van der Waals surface area contributed by atoms with E-state index in [2.05, 4.69) is 20.3 Å². The Morgan fingerprint density at radius 3 is 1.94 bits per heavy atom. The van der Waals surface area contributed by atoms with Gasteiger partial charge in [0.1, 0.15) is 0 Å². The molecule has 2 aromatic heterocycles. The number of benzene rings is 1. The summed E-state index contributed by atoms with van der Waals surface area (Å²) >= 11 is 6.04. The number of rotatable bonds is 10. The third-order valence-electron chi connectivity index (χ3n) is 6.65. The number of hydrogen-bond acceptors (Lipinski definition) is 4. The summed E-state index contributed by atoms with van der Waals surface area (Å²) in [6.45, 7) is 0. The molecule has 1 saturated carbocycles. The van der Waals surface area contributed by atoms with E-state index in [1.165, 1.54) is 18.2 Å². The summed E-state index contributed by atoms with van der Waals surface area (Å²) in [5.74, 6) is -37.5. The van der Waals surface area contributed by atoms with Gasteiger partial charge in [-0.05, 0) is 30.5 Å². The lowest BCUT2D eigenvalue weighted by atomic mass is 9.97. The van der Waals surface area contributed by atoms with Crippen LogP contribution in [0.4, 0.5) is 70.2 Å². The van der Waals surface area contributed by atoms with Gasteiger partial charge < -0.3 is 10.1 Å². The second kappa shape index (κ2) is 11.3. The molecule has 2 heterocycles. The molecular weight excluding hydrogens is 730 g/mol. The van der Waals surface area contributed by atoms with Crippen LogP contribution in [0.3, 0.4) is 0 Å². The summed E-state index contributed by atoms with van der Waals surface area (Å²) in [6, 6.07) is 3.56. The average Bonchev–Trinajstić information content (AvgIpc) is 3.49. The zero-order valence-corrected chi connectivity index (χ0v) is 23.7. The average molecular weight is 744 g/mol. The van der Waals surface area contributed by atoms with Crippen molar-refractivity contribution in [1.29, 1.82) is 0 Å². The lowest BCUT2D eigenvalue weighted by Crippen LogP contribution is -2.70. The SMILES string of the molecule is Cn1nc(OC(F)(F)C(F)(F)C(F)(F)C(F)(F)C(F)(F)C(F)(F)F)c(C(F)(F)F)c1-n1cc(-c2ccc(Cl)c(C(=O)NC3CC3)c2)cn1. The van der Waals surface area contributed by atoms with Crippen LogP contribution < -0.4 is 10.1 Å². The summed E-state index contributed by atoms with van der Waals surface area (Å²) in [5, 5.41) is 8.86. The maximum absolute atomic E-state index is 14.4. The first-order valence-electron chi connectivity index (χ1n) is 12.5. The van der Waals surface area contributed by atoms with E-state index in [-0.39, 0.29) is 37.1 Å². The van der Waals surface area contributed by atoms with Gasteiger partial charge in [0, 0.05) is 24.8 Å². The van der Waals surface area contributed by atoms with Gasteiger partial charge in [0.25, 0.3) is 11.8 Å². The fraction of sp³-hybridized carbons (Fsp3) is 0.458. The minimum absolute atomic E-state index is 0.0376. The second-order valence-corrected chi connectivity index (χ2v) is 10.6. The lowest BCUT2D eigenvalue weighted by Gasteiger charge is -2.38. The molecule has 0 atom stereocenters. The van der Waals surface area contributed by atoms with E-state index in [1.54, 1.807) is 0 Å². The number of nitrogens with zero attached hydrogens (tertiary/aromatic N) is 4. The number of alkyl halides is 16. The third kappa shape index (κ3) is 5.97. The number of nitrogens with one attached hydrogen (secondary N) is 1. The van der Waals surface area contributed by atoms with Crippen LogP contribution in [0.1, 0.15) is 28.8 Å². The van der Waals surface area contributed by atoms with Crippen molar-refractivity contribution in [1.82, 2.24) is 24.9 Å². The molecule has 266 valence electrons. The largest absolute Gasteiger partial charge is 0.472 e. The predicted molar refractivity (Wildman–Crippen MR) is 128 cm³/mol. The molecule has 0 aliphatic heterocycles. The molecule has 1 aromatic carbocycles. The first-order valence-corrected chi connectivity index (χ1v) is 12.9. The van der Waals surface area contributed by atoms with Crippen molar-refractivity contribution in [2.75, 3.05) is 0 Å². The van der Waals surface area contributed by atoms with Crippen LogP contribution in [0, 0.1) is 0 Å². The number of amides is 1. The van der Waals surface area contributed by atoms with Gasteiger partial charge >= 0.3 is 42.2 Å². The predicted octanol–water partition coefficient (Wildman–Crippen LogP) is 7.91. The van der Waals surface area contributed by atoms with Crippen LogP contribution in [-0.4, -0.2) is 67.5 Å². The summed E-state index contributed by atoms with van der Waals surface area (Å²) in [5.41, 5.74) is -2.71. The Kier molecular flexibility index (Phi) is 8.71. The van der Waals surface area contributed by atoms with Crippen LogP contribution in [0.25, 0.3) is 16.9 Å².